The van der Waals surface area contributed by atoms with Gasteiger partial charge in [0.1, 0.15) is 5.76 Å². The molecule has 1 aliphatic heterocycles. The summed E-state index contributed by atoms with van der Waals surface area (Å²) in [4.78, 5) is 15.6. The Labute approximate surface area is 125 Å². The fourth-order valence-corrected chi connectivity index (χ4v) is 2.22. The van der Waals surface area contributed by atoms with Crippen LogP contribution in [0.1, 0.15) is 36.7 Å². The summed E-state index contributed by atoms with van der Waals surface area (Å²) in [5.74, 6) is 0.0780. The fourth-order valence-electron chi connectivity index (χ4n) is 2.22. The molecule has 0 unspecified atom stereocenters. The Morgan fingerprint density at radius 3 is 2.82 bits per heavy atom. The summed E-state index contributed by atoms with van der Waals surface area (Å²) >= 11 is 0. The lowest BCUT2D eigenvalue weighted by atomic mass is 9.98. The van der Waals surface area contributed by atoms with Crippen LogP contribution in [-0.4, -0.2) is 18.7 Å². The first-order chi connectivity index (χ1) is 10.3. The molecule has 22 heavy (non-hydrogen) atoms. The highest BCUT2D eigenvalue weighted by molar-refractivity contribution is 5.98. The molecule has 7 heteroatoms. The topological polar surface area (TPSA) is 51.8 Å². The van der Waals surface area contributed by atoms with Gasteiger partial charge < -0.3 is 9.15 Å². The number of allylic oxidation sites excluding steroid dienone is 1. The van der Waals surface area contributed by atoms with Crippen LogP contribution in [0.3, 0.4) is 0 Å². The molecule has 0 saturated carbocycles. The van der Waals surface area contributed by atoms with Crippen molar-refractivity contribution in [2.45, 2.75) is 38.8 Å². The summed E-state index contributed by atoms with van der Waals surface area (Å²) in [6.45, 7) is 4.15. The second kappa shape index (κ2) is 6.37. The van der Waals surface area contributed by atoms with E-state index in [2.05, 4.69) is 11.6 Å². The molecule has 0 amide bonds. The van der Waals surface area contributed by atoms with Crippen molar-refractivity contribution in [3.8, 4) is 0 Å². The van der Waals surface area contributed by atoms with E-state index in [4.69, 9.17) is 9.15 Å². The van der Waals surface area contributed by atoms with E-state index in [1.165, 1.54) is 6.07 Å². The van der Waals surface area contributed by atoms with Crippen LogP contribution in [0.25, 0.3) is 0 Å². The summed E-state index contributed by atoms with van der Waals surface area (Å²) in [6, 6.07) is 1.29. The molecule has 1 aromatic heterocycles. The molecular weight excluding hydrogens is 299 g/mol. The van der Waals surface area contributed by atoms with Crippen LogP contribution >= 0.6 is 0 Å². The summed E-state index contributed by atoms with van der Waals surface area (Å²) in [6.07, 6.45) is -2.06. The number of hydrogen-bond donors (Lipinski definition) is 0. The standard InChI is InChI=1S/C15H16F3NO3/c1-3-4-5-10-7-12(20)22-11-6-9(2)19-14(13(10)11)21-8-15(16,17)18/h7H,2-6,8H2,1H3. The van der Waals surface area contributed by atoms with Crippen molar-refractivity contribution < 1.29 is 22.3 Å². The highest BCUT2D eigenvalue weighted by Crippen LogP contribution is 2.26. The zero-order valence-corrected chi connectivity index (χ0v) is 12.1. The van der Waals surface area contributed by atoms with Gasteiger partial charge in [0.25, 0.3) is 0 Å². The number of ether oxygens (including phenoxy) is 1. The van der Waals surface area contributed by atoms with Crippen LogP contribution in [-0.2, 0) is 17.6 Å². The van der Waals surface area contributed by atoms with E-state index in [-0.39, 0.29) is 18.1 Å². The third-order valence-corrected chi connectivity index (χ3v) is 3.13. The normalized spacial score (nSPS) is 14.5. The van der Waals surface area contributed by atoms with Gasteiger partial charge in [0.2, 0.25) is 5.90 Å². The molecule has 0 aliphatic carbocycles. The van der Waals surface area contributed by atoms with Crippen molar-refractivity contribution >= 4 is 5.90 Å². The lowest BCUT2D eigenvalue weighted by Gasteiger charge is -2.20. The van der Waals surface area contributed by atoms with E-state index in [0.717, 1.165) is 12.8 Å². The fraction of sp³-hybridized carbons (Fsp3) is 0.467. The predicted octanol–water partition coefficient (Wildman–Crippen LogP) is 3.38. The van der Waals surface area contributed by atoms with E-state index in [0.29, 0.717) is 23.2 Å². The molecule has 0 atom stereocenters. The second-order valence-electron chi connectivity index (χ2n) is 5.06. The van der Waals surface area contributed by atoms with Crippen LogP contribution in [0.4, 0.5) is 13.2 Å². The van der Waals surface area contributed by atoms with E-state index in [1.54, 1.807) is 0 Å². The quantitative estimate of drug-likeness (QED) is 0.856. The minimum Gasteiger partial charge on any atom is -0.467 e. The first kappa shape index (κ1) is 16.3. The molecule has 1 aromatic rings. The second-order valence-corrected chi connectivity index (χ2v) is 5.06. The Hall–Kier alpha value is -2.05. The number of hydrogen-bond acceptors (Lipinski definition) is 4. The van der Waals surface area contributed by atoms with E-state index in [1.807, 2.05) is 6.92 Å². The molecule has 0 N–H and O–H groups in total. The summed E-state index contributed by atoms with van der Waals surface area (Å²) in [5, 5.41) is 0. The molecule has 0 radical (unpaired) electrons. The number of nitrogens with zero attached hydrogens (tertiary/aromatic N) is 1. The zero-order chi connectivity index (χ0) is 16.3. The van der Waals surface area contributed by atoms with E-state index < -0.39 is 18.4 Å². The number of aliphatic imine (C=N–C) groups is 1. The van der Waals surface area contributed by atoms with E-state index >= 15 is 0 Å². The Morgan fingerprint density at radius 2 is 2.18 bits per heavy atom. The predicted molar refractivity (Wildman–Crippen MR) is 75.0 cm³/mol. The van der Waals surface area contributed by atoms with Crippen molar-refractivity contribution in [2.75, 3.05) is 6.61 Å². The lowest BCUT2D eigenvalue weighted by molar-refractivity contribution is -0.156. The SMILES string of the molecule is C=C1Cc2oc(=O)cc(CCCC)c2C(OCC(F)(F)F)=N1. The smallest absolute Gasteiger partial charge is 0.422 e. The first-order valence-electron chi connectivity index (χ1n) is 6.92. The molecule has 0 bridgehead atoms. The van der Waals surface area contributed by atoms with Crippen molar-refractivity contribution in [2.24, 2.45) is 4.99 Å². The van der Waals surface area contributed by atoms with Crippen molar-refractivity contribution in [1.29, 1.82) is 0 Å². The number of aryl methyl sites for hydroxylation is 1. The third kappa shape index (κ3) is 3.99. The molecule has 4 nitrogen and oxygen atoms in total. The van der Waals surface area contributed by atoms with Crippen LogP contribution in [0.2, 0.25) is 0 Å². The minimum atomic E-state index is -4.47. The van der Waals surface area contributed by atoms with Gasteiger partial charge in [0.05, 0.1) is 5.56 Å². The number of unbranched alkanes of at least 4 members (excludes halogenated alkanes) is 1. The lowest BCUT2D eigenvalue weighted by Crippen LogP contribution is -2.25. The van der Waals surface area contributed by atoms with Gasteiger partial charge in [-0.1, -0.05) is 19.9 Å². The molecule has 0 fully saturated rings. The first-order valence-corrected chi connectivity index (χ1v) is 6.92. The average molecular weight is 315 g/mol. The highest BCUT2D eigenvalue weighted by Gasteiger charge is 2.32. The number of fused-ring (bicyclic) bond motifs is 1. The van der Waals surface area contributed by atoms with Crippen molar-refractivity contribution in [3.63, 3.8) is 0 Å². The molecule has 1 aliphatic rings. The monoisotopic (exact) mass is 315 g/mol. The molecule has 0 aromatic carbocycles. The van der Waals surface area contributed by atoms with Gasteiger partial charge >= 0.3 is 11.8 Å². The Balaban J connectivity index is 2.41. The van der Waals surface area contributed by atoms with Crippen LogP contribution < -0.4 is 5.63 Å². The maximum Gasteiger partial charge on any atom is 0.422 e. The van der Waals surface area contributed by atoms with Crippen LogP contribution in [0.5, 0.6) is 0 Å². The molecule has 2 rings (SSSR count). The minimum absolute atomic E-state index is 0.182. The number of alkyl halides is 3. The van der Waals surface area contributed by atoms with Gasteiger partial charge in [-0.3, -0.25) is 0 Å². The van der Waals surface area contributed by atoms with Gasteiger partial charge in [-0.25, -0.2) is 9.79 Å². The summed E-state index contributed by atoms with van der Waals surface area (Å²) in [7, 11) is 0. The summed E-state index contributed by atoms with van der Waals surface area (Å²) in [5.41, 5.74) is 0.710. The van der Waals surface area contributed by atoms with Crippen LogP contribution in [0.15, 0.2) is 32.5 Å². The van der Waals surface area contributed by atoms with Crippen molar-refractivity contribution in [3.05, 3.63) is 45.6 Å². The Kier molecular flexibility index (Phi) is 4.73. The average Bonchev–Trinajstić information content (AvgIpc) is 2.40. The van der Waals surface area contributed by atoms with Crippen LogP contribution in [0, 0.1) is 0 Å². The Bertz CT molecular complexity index is 659. The van der Waals surface area contributed by atoms with Gasteiger partial charge in [0.15, 0.2) is 6.61 Å². The van der Waals surface area contributed by atoms with E-state index in [9.17, 15) is 18.0 Å². The largest absolute Gasteiger partial charge is 0.467 e. The molecule has 120 valence electrons. The Morgan fingerprint density at radius 1 is 1.45 bits per heavy atom. The molecule has 2 heterocycles. The van der Waals surface area contributed by atoms with Gasteiger partial charge in [-0.2, -0.15) is 13.2 Å². The van der Waals surface area contributed by atoms with Gasteiger partial charge in [0, 0.05) is 18.2 Å². The summed E-state index contributed by atoms with van der Waals surface area (Å²) < 4.78 is 47.0. The van der Waals surface area contributed by atoms with Gasteiger partial charge in [-0.05, 0) is 18.4 Å². The van der Waals surface area contributed by atoms with Crippen molar-refractivity contribution in [1.82, 2.24) is 0 Å². The maximum absolute atomic E-state index is 12.4. The maximum atomic E-state index is 12.4. The van der Waals surface area contributed by atoms with Gasteiger partial charge in [-0.15, -0.1) is 0 Å². The number of rotatable bonds is 4. The third-order valence-electron chi connectivity index (χ3n) is 3.13. The number of halogens is 3. The molecule has 0 saturated heterocycles. The molecular formula is C15H16F3NO3. The molecule has 0 spiro atoms. The highest BCUT2D eigenvalue weighted by atomic mass is 19.4. The zero-order valence-electron chi connectivity index (χ0n) is 12.1.